The second-order valence-corrected chi connectivity index (χ2v) is 8.26. The van der Waals surface area contributed by atoms with Gasteiger partial charge in [-0.1, -0.05) is 24.3 Å². The van der Waals surface area contributed by atoms with E-state index in [1.807, 2.05) is 0 Å². The van der Waals surface area contributed by atoms with E-state index >= 15 is 0 Å². The van der Waals surface area contributed by atoms with Crippen molar-refractivity contribution in [3.63, 3.8) is 0 Å². The highest BCUT2D eigenvalue weighted by atomic mass is 16.5. The molecule has 1 saturated carbocycles. The van der Waals surface area contributed by atoms with Crippen molar-refractivity contribution in [2.45, 2.75) is 13.2 Å². The van der Waals surface area contributed by atoms with Crippen molar-refractivity contribution in [1.82, 2.24) is 9.97 Å². The molecule has 5 rings (SSSR count). The highest BCUT2D eigenvalue weighted by molar-refractivity contribution is 5.89. The Hall–Kier alpha value is -4.08. The molecule has 6 atom stereocenters. The average molecular weight is 466 g/mol. The summed E-state index contributed by atoms with van der Waals surface area (Å²) in [6, 6.07) is 6.71. The van der Waals surface area contributed by atoms with E-state index in [9.17, 15) is 29.4 Å². The van der Waals surface area contributed by atoms with Gasteiger partial charge in [-0.15, -0.1) is 0 Å². The van der Waals surface area contributed by atoms with Crippen LogP contribution in [-0.2, 0) is 41.9 Å². The number of esters is 2. The third-order valence-corrected chi connectivity index (χ3v) is 6.31. The zero-order chi connectivity index (χ0) is 24.2. The largest absolute Gasteiger partial charge is 0.481 e. The van der Waals surface area contributed by atoms with E-state index < -0.39 is 59.4 Å². The zero-order valence-electron chi connectivity index (χ0n) is 17.9. The van der Waals surface area contributed by atoms with Crippen molar-refractivity contribution < 1.29 is 38.9 Å². The van der Waals surface area contributed by atoms with E-state index in [-0.39, 0.29) is 13.2 Å². The molecule has 2 bridgehead atoms. The lowest BCUT2D eigenvalue weighted by Gasteiger charge is -2.48. The number of hydrogen-bond donors (Lipinski definition) is 2. The van der Waals surface area contributed by atoms with Gasteiger partial charge in [-0.05, 0) is 12.1 Å². The van der Waals surface area contributed by atoms with Crippen LogP contribution in [0.3, 0.4) is 0 Å². The minimum atomic E-state index is -1.33. The number of carboxylic acids is 2. The first-order valence-electron chi connectivity index (χ1n) is 10.6. The van der Waals surface area contributed by atoms with Crippen LogP contribution in [0.15, 0.2) is 61.2 Å². The number of pyridine rings is 2. The van der Waals surface area contributed by atoms with Crippen LogP contribution in [0.2, 0.25) is 0 Å². The number of allylic oxidation sites excluding steroid dienone is 2. The molecule has 34 heavy (non-hydrogen) atoms. The normalized spacial score (nSPS) is 27.1. The van der Waals surface area contributed by atoms with Crippen molar-refractivity contribution in [2.75, 3.05) is 0 Å². The van der Waals surface area contributed by atoms with Crippen molar-refractivity contribution in [3.05, 3.63) is 72.3 Å². The van der Waals surface area contributed by atoms with Crippen molar-refractivity contribution >= 4 is 23.9 Å². The Morgan fingerprint density at radius 3 is 1.44 bits per heavy atom. The molecule has 3 aliphatic rings. The summed E-state index contributed by atoms with van der Waals surface area (Å²) >= 11 is 0. The lowest BCUT2D eigenvalue weighted by atomic mass is 9.53. The Labute approximate surface area is 194 Å². The molecule has 2 N–H and O–H groups in total. The van der Waals surface area contributed by atoms with Gasteiger partial charge in [0.25, 0.3) is 0 Å². The fraction of sp³-hybridized carbons (Fsp3) is 0.333. The highest BCUT2D eigenvalue weighted by Crippen LogP contribution is 2.52. The van der Waals surface area contributed by atoms with Crippen LogP contribution in [0.25, 0.3) is 0 Å². The van der Waals surface area contributed by atoms with Crippen LogP contribution in [0.4, 0.5) is 0 Å². The van der Waals surface area contributed by atoms with Crippen LogP contribution in [0, 0.1) is 35.5 Å². The molecule has 0 unspecified atom stereocenters. The Morgan fingerprint density at radius 1 is 0.706 bits per heavy atom. The van der Waals surface area contributed by atoms with Crippen molar-refractivity contribution in [1.29, 1.82) is 0 Å². The summed E-state index contributed by atoms with van der Waals surface area (Å²) in [5.74, 6) is -11.5. The second-order valence-electron chi connectivity index (χ2n) is 8.26. The van der Waals surface area contributed by atoms with Gasteiger partial charge in [0.05, 0.1) is 23.7 Å². The summed E-state index contributed by atoms with van der Waals surface area (Å²) in [7, 11) is 0. The standard InChI is InChI=1S/C24H22N2O8/c27-21(28)17-16-6-5-15(19(17)23(31)33-11-13-3-1-7-25-9-13)18(22(29)30)20(16)24(32)34-12-14-4-2-8-26-10-14/h1-10,15-20H,11-12H2,(H,27,28)(H,29,30)/t15-,16-,17-,18+,19+,20-/m0/s1. The van der Waals surface area contributed by atoms with Crippen LogP contribution < -0.4 is 0 Å². The maximum atomic E-state index is 13.0. The fourth-order valence-corrected chi connectivity index (χ4v) is 4.85. The van der Waals surface area contributed by atoms with Crippen LogP contribution in [-0.4, -0.2) is 44.1 Å². The van der Waals surface area contributed by atoms with Crippen molar-refractivity contribution in [3.8, 4) is 0 Å². The smallest absolute Gasteiger partial charge is 0.310 e. The molecule has 0 aromatic carbocycles. The van der Waals surface area contributed by atoms with E-state index in [1.165, 1.54) is 24.5 Å². The van der Waals surface area contributed by atoms with Gasteiger partial charge in [0.15, 0.2) is 0 Å². The fourth-order valence-electron chi connectivity index (χ4n) is 4.85. The van der Waals surface area contributed by atoms with Gasteiger partial charge < -0.3 is 19.7 Å². The first-order chi connectivity index (χ1) is 16.4. The van der Waals surface area contributed by atoms with Crippen LogP contribution in [0.1, 0.15) is 11.1 Å². The third-order valence-electron chi connectivity index (χ3n) is 6.31. The maximum absolute atomic E-state index is 13.0. The van der Waals surface area contributed by atoms with Crippen LogP contribution in [0.5, 0.6) is 0 Å². The molecule has 176 valence electrons. The molecule has 10 heteroatoms. The lowest BCUT2D eigenvalue weighted by molar-refractivity contribution is -0.183. The number of aliphatic carboxylic acids is 2. The molecule has 0 saturated heterocycles. The molecule has 2 heterocycles. The molecular formula is C24H22N2O8. The van der Waals surface area contributed by atoms with E-state index in [1.54, 1.807) is 36.7 Å². The molecule has 2 aromatic rings. The molecule has 0 radical (unpaired) electrons. The number of ether oxygens (including phenoxy) is 2. The average Bonchev–Trinajstić information content (AvgIpc) is 2.86. The summed E-state index contributed by atoms with van der Waals surface area (Å²) in [6.07, 6.45) is 9.13. The predicted octanol–water partition coefficient (Wildman–Crippen LogP) is 1.71. The van der Waals surface area contributed by atoms with E-state index in [2.05, 4.69) is 9.97 Å². The topological polar surface area (TPSA) is 153 Å². The molecular weight excluding hydrogens is 444 g/mol. The number of rotatable bonds is 8. The third kappa shape index (κ3) is 4.52. The van der Waals surface area contributed by atoms with Gasteiger partial charge in [0, 0.05) is 47.8 Å². The molecule has 2 aromatic heterocycles. The quantitative estimate of drug-likeness (QED) is 0.434. The lowest BCUT2D eigenvalue weighted by Crippen LogP contribution is -2.57. The summed E-state index contributed by atoms with van der Waals surface area (Å²) < 4.78 is 10.7. The number of carboxylic acid groups (broad SMARTS) is 2. The summed E-state index contributed by atoms with van der Waals surface area (Å²) in [5.41, 5.74) is 1.21. The van der Waals surface area contributed by atoms with Crippen LogP contribution >= 0.6 is 0 Å². The number of nitrogens with zero attached hydrogens (tertiary/aromatic N) is 2. The number of fused-ring (bicyclic) bond motifs is 2. The Bertz CT molecular complexity index is 1020. The number of aromatic nitrogens is 2. The minimum Gasteiger partial charge on any atom is -0.481 e. The maximum Gasteiger partial charge on any atom is 0.310 e. The van der Waals surface area contributed by atoms with Gasteiger partial charge in [-0.2, -0.15) is 0 Å². The first kappa shape index (κ1) is 23.1. The minimum absolute atomic E-state index is 0.134. The summed E-state index contributed by atoms with van der Waals surface area (Å²) in [5, 5.41) is 19.9. The molecule has 0 amide bonds. The van der Waals surface area contributed by atoms with E-state index in [4.69, 9.17) is 9.47 Å². The second kappa shape index (κ2) is 9.82. The molecule has 10 nitrogen and oxygen atoms in total. The Kier molecular flexibility index (Phi) is 6.67. The monoisotopic (exact) mass is 466 g/mol. The molecule has 1 fully saturated rings. The van der Waals surface area contributed by atoms with Gasteiger partial charge in [-0.3, -0.25) is 29.1 Å². The first-order valence-corrected chi connectivity index (χ1v) is 10.6. The molecule has 0 aliphatic heterocycles. The van der Waals surface area contributed by atoms with Crippen molar-refractivity contribution in [2.24, 2.45) is 35.5 Å². The van der Waals surface area contributed by atoms with E-state index in [0.29, 0.717) is 11.1 Å². The summed E-state index contributed by atoms with van der Waals surface area (Å²) in [4.78, 5) is 58.2. The Balaban J connectivity index is 1.57. The molecule has 0 spiro atoms. The van der Waals surface area contributed by atoms with E-state index in [0.717, 1.165) is 0 Å². The molecule has 3 aliphatic carbocycles. The van der Waals surface area contributed by atoms with Gasteiger partial charge >= 0.3 is 23.9 Å². The number of carbonyl (C=O) groups is 4. The highest BCUT2D eigenvalue weighted by Gasteiger charge is 2.61. The Morgan fingerprint density at radius 2 is 1.12 bits per heavy atom. The predicted molar refractivity (Wildman–Crippen MR) is 113 cm³/mol. The number of carbonyl (C=O) groups excluding carboxylic acids is 2. The number of hydrogen-bond acceptors (Lipinski definition) is 8. The van der Waals surface area contributed by atoms with Gasteiger partial charge in [0.2, 0.25) is 0 Å². The van der Waals surface area contributed by atoms with Gasteiger partial charge in [-0.25, -0.2) is 0 Å². The SMILES string of the molecule is O=C(O)[C@@H]1[C@@H]2C=C[C@@H]([C@H](C(=O)O)[C@@H]2C(=O)OCc2cccnc2)[C@@H]1C(=O)OCc1cccnc1. The summed E-state index contributed by atoms with van der Waals surface area (Å²) in [6.45, 7) is -0.268. The van der Waals surface area contributed by atoms with Gasteiger partial charge in [0.1, 0.15) is 13.2 Å². The zero-order valence-corrected chi connectivity index (χ0v) is 17.9.